The van der Waals surface area contributed by atoms with Crippen LogP contribution in [0, 0.1) is 5.82 Å². The number of morpholine rings is 1. The van der Waals surface area contributed by atoms with Crippen LogP contribution < -0.4 is 15.0 Å². The van der Waals surface area contributed by atoms with Gasteiger partial charge in [0, 0.05) is 42.4 Å². The van der Waals surface area contributed by atoms with Gasteiger partial charge in [-0.25, -0.2) is 9.37 Å². The third-order valence-electron chi connectivity index (χ3n) is 6.87. The van der Waals surface area contributed by atoms with Gasteiger partial charge in [0.25, 0.3) is 5.91 Å². The zero-order valence-corrected chi connectivity index (χ0v) is 21.7. The maximum Gasteiger partial charge on any atom is 0.255 e. The standard InChI is InChI=1S/C28H23Cl2FN4O3/c29-19-6-3-5-17(24(19)30)23-20(31)15-33-26-25(23)32-14-18(27(26)35-9-12-37-13-10-35)28(36)34-21-8-11-38-22-7-2-1-4-16(21)22/h1-7,14-15,21H,8-13H2,(H,34,36)/t21-/m0/s1. The zero-order valence-electron chi connectivity index (χ0n) is 20.2. The summed E-state index contributed by atoms with van der Waals surface area (Å²) in [5.74, 6) is -0.122. The van der Waals surface area contributed by atoms with Crippen molar-refractivity contribution in [2.45, 2.75) is 12.5 Å². The van der Waals surface area contributed by atoms with Crippen molar-refractivity contribution in [1.29, 1.82) is 0 Å². The summed E-state index contributed by atoms with van der Waals surface area (Å²) in [6, 6.07) is 12.5. The van der Waals surface area contributed by atoms with E-state index in [0.29, 0.717) is 72.2 Å². The number of hydrogen-bond acceptors (Lipinski definition) is 6. The fourth-order valence-corrected chi connectivity index (χ4v) is 5.44. The minimum absolute atomic E-state index is 0.183. The van der Waals surface area contributed by atoms with E-state index < -0.39 is 5.82 Å². The highest BCUT2D eigenvalue weighted by Gasteiger charge is 2.29. The number of para-hydroxylation sites is 1. The molecule has 10 heteroatoms. The quantitative estimate of drug-likeness (QED) is 0.343. The van der Waals surface area contributed by atoms with Gasteiger partial charge in [-0.2, -0.15) is 0 Å². The highest BCUT2D eigenvalue weighted by molar-refractivity contribution is 6.44. The Morgan fingerprint density at radius 1 is 1.00 bits per heavy atom. The molecule has 0 aliphatic carbocycles. The number of ether oxygens (including phenoxy) is 2. The maximum atomic E-state index is 15.3. The monoisotopic (exact) mass is 552 g/mol. The van der Waals surface area contributed by atoms with Gasteiger partial charge in [-0.1, -0.05) is 53.5 Å². The number of amides is 1. The summed E-state index contributed by atoms with van der Waals surface area (Å²) in [6.45, 7) is 2.58. The molecule has 1 amide bonds. The molecule has 0 bridgehead atoms. The molecule has 4 aromatic rings. The number of halogens is 3. The fourth-order valence-electron chi connectivity index (χ4n) is 5.05. The lowest BCUT2D eigenvalue weighted by atomic mass is 9.99. The molecule has 1 fully saturated rings. The van der Waals surface area contributed by atoms with Gasteiger partial charge in [0.05, 0.1) is 53.4 Å². The molecule has 194 valence electrons. The molecule has 7 nitrogen and oxygen atoms in total. The molecule has 1 N–H and O–H groups in total. The predicted molar refractivity (Wildman–Crippen MR) is 145 cm³/mol. The largest absolute Gasteiger partial charge is 0.493 e. The summed E-state index contributed by atoms with van der Waals surface area (Å²) in [6.07, 6.45) is 3.26. The van der Waals surface area contributed by atoms with Gasteiger partial charge in [-0.15, -0.1) is 0 Å². The second-order valence-electron chi connectivity index (χ2n) is 9.10. The molecule has 1 saturated heterocycles. The molecule has 2 aliphatic heterocycles. The number of rotatable bonds is 4. The van der Waals surface area contributed by atoms with E-state index in [-0.39, 0.29) is 22.5 Å². The highest BCUT2D eigenvalue weighted by atomic mass is 35.5. The van der Waals surface area contributed by atoms with Crippen LogP contribution >= 0.6 is 23.2 Å². The number of hydrogen-bond donors (Lipinski definition) is 1. The van der Waals surface area contributed by atoms with Gasteiger partial charge in [0.15, 0.2) is 5.82 Å². The number of nitrogens with one attached hydrogen (secondary N) is 1. The minimum Gasteiger partial charge on any atom is -0.493 e. The Balaban J connectivity index is 1.49. The molecule has 6 rings (SSSR count). The molecular formula is C28H23Cl2FN4O3. The van der Waals surface area contributed by atoms with E-state index in [2.05, 4.69) is 15.3 Å². The predicted octanol–water partition coefficient (Wildman–Crippen LogP) is 5.83. The lowest BCUT2D eigenvalue weighted by Gasteiger charge is -2.32. The third kappa shape index (κ3) is 4.42. The molecule has 0 saturated carbocycles. The summed E-state index contributed by atoms with van der Waals surface area (Å²) in [5.41, 5.74) is 3.14. The van der Waals surface area contributed by atoms with E-state index in [1.54, 1.807) is 18.2 Å². The molecule has 2 aromatic carbocycles. The third-order valence-corrected chi connectivity index (χ3v) is 7.68. The average molecular weight is 553 g/mol. The second-order valence-corrected chi connectivity index (χ2v) is 9.89. The lowest BCUT2D eigenvalue weighted by Crippen LogP contribution is -2.39. The number of aromatic nitrogens is 2. The Labute approximate surface area is 228 Å². The fraction of sp³-hybridized carbons (Fsp3) is 0.250. The number of pyridine rings is 2. The second kappa shape index (κ2) is 10.4. The summed E-state index contributed by atoms with van der Waals surface area (Å²) >= 11 is 12.7. The van der Waals surface area contributed by atoms with E-state index >= 15 is 4.39 Å². The molecule has 0 spiro atoms. The average Bonchev–Trinajstić information content (AvgIpc) is 2.95. The normalized spacial score (nSPS) is 17.1. The first kappa shape index (κ1) is 24.9. The van der Waals surface area contributed by atoms with E-state index in [9.17, 15) is 4.79 Å². The van der Waals surface area contributed by atoms with Crippen LogP contribution in [0.2, 0.25) is 10.0 Å². The first-order valence-electron chi connectivity index (χ1n) is 12.3. The van der Waals surface area contributed by atoms with Crippen molar-refractivity contribution in [2.75, 3.05) is 37.8 Å². The van der Waals surface area contributed by atoms with Crippen LogP contribution in [0.1, 0.15) is 28.4 Å². The minimum atomic E-state index is -0.585. The molecule has 2 aromatic heterocycles. The van der Waals surface area contributed by atoms with Crippen molar-refractivity contribution in [3.05, 3.63) is 81.8 Å². The van der Waals surface area contributed by atoms with Gasteiger partial charge in [0.1, 0.15) is 16.8 Å². The van der Waals surface area contributed by atoms with Crippen LogP contribution in [-0.2, 0) is 4.74 Å². The summed E-state index contributed by atoms with van der Waals surface area (Å²) < 4.78 is 26.6. The smallest absolute Gasteiger partial charge is 0.255 e. The first-order chi connectivity index (χ1) is 18.5. The number of carbonyl (C=O) groups excluding carboxylic acids is 1. The van der Waals surface area contributed by atoms with Gasteiger partial charge in [-0.3, -0.25) is 9.78 Å². The SMILES string of the molecule is O=C(N[C@H]1CCOc2ccccc21)c1cnc2c(-c3cccc(Cl)c3Cl)c(F)cnc2c1N1CCOCC1. The van der Waals surface area contributed by atoms with Crippen LogP contribution in [0.25, 0.3) is 22.2 Å². The molecule has 4 heterocycles. The van der Waals surface area contributed by atoms with Crippen molar-refractivity contribution in [2.24, 2.45) is 0 Å². The number of benzene rings is 2. The van der Waals surface area contributed by atoms with E-state index in [1.807, 2.05) is 29.2 Å². The maximum absolute atomic E-state index is 15.3. The Kier molecular flexibility index (Phi) is 6.78. The van der Waals surface area contributed by atoms with E-state index in [1.165, 1.54) is 6.20 Å². The molecular weight excluding hydrogens is 530 g/mol. The van der Waals surface area contributed by atoms with Crippen molar-refractivity contribution in [1.82, 2.24) is 15.3 Å². The van der Waals surface area contributed by atoms with Crippen molar-refractivity contribution in [3.63, 3.8) is 0 Å². The summed E-state index contributed by atoms with van der Waals surface area (Å²) in [5, 5.41) is 3.67. The van der Waals surface area contributed by atoms with Gasteiger partial charge in [0.2, 0.25) is 0 Å². The van der Waals surface area contributed by atoms with E-state index in [4.69, 9.17) is 32.7 Å². The van der Waals surface area contributed by atoms with Crippen LogP contribution in [-0.4, -0.2) is 48.8 Å². The number of fused-ring (bicyclic) bond motifs is 2. The Hall–Kier alpha value is -3.46. The number of anilines is 1. The summed E-state index contributed by atoms with van der Waals surface area (Å²) in [7, 11) is 0. The Bertz CT molecular complexity index is 1540. The lowest BCUT2D eigenvalue weighted by molar-refractivity contribution is 0.0923. The molecule has 0 unspecified atom stereocenters. The Morgan fingerprint density at radius 2 is 1.79 bits per heavy atom. The highest BCUT2D eigenvalue weighted by Crippen LogP contribution is 2.40. The number of nitrogens with zero attached hydrogens (tertiary/aromatic N) is 3. The zero-order chi connectivity index (χ0) is 26.2. The van der Waals surface area contributed by atoms with Gasteiger partial charge >= 0.3 is 0 Å². The van der Waals surface area contributed by atoms with E-state index in [0.717, 1.165) is 17.5 Å². The van der Waals surface area contributed by atoms with Gasteiger partial charge < -0.3 is 19.7 Å². The van der Waals surface area contributed by atoms with Crippen molar-refractivity contribution < 1.29 is 18.7 Å². The van der Waals surface area contributed by atoms with Crippen LogP contribution in [0.4, 0.5) is 10.1 Å². The molecule has 1 atom stereocenters. The summed E-state index contributed by atoms with van der Waals surface area (Å²) in [4.78, 5) is 24.8. The number of carbonyl (C=O) groups is 1. The molecule has 2 aliphatic rings. The first-order valence-corrected chi connectivity index (χ1v) is 13.1. The molecule has 0 radical (unpaired) electrons. The van der Waals surface area contributed by atoms with Crippen molar-refractivity contribution in [3.8, 4) is 16.9 Å². The van der Waals surface area contributed by atoms with Crippen LogP contribution in [0.15, 0.2) is 54.9 Å². The van der Waals surface area contributed by atoms with Crippen molar-refractivity contribution >= 4 is 45.8 Å². The topological polar surface area (TPSA) is 76.6 Å². The van der Waals surface area contributed by atoms with Crippen LogP contribution in [0.3, 0.4) is 0 Å². The molecule has 38 heavy (non-hydrogen) atoms. The van der Waals surface area contributed by atoms with Gasteiger partial charge in [-0.05, 0) is 12.1 Å². The Morgan fingerprint density at radius 3 is 2.63 bits per heavy atom. The van der Waals surface area contributed by atoms with Crippen LogP contribution in [0.5, 0.6) is 5.75 Å².